The standard InChI is InChI=1S/C43H63Cl2N2O4/c1-28(2)8-6-9-29(3)35-13-14-36-34-12-11-31-26-33(18-20-42(31,4)37(34)19-21-43(35,36)5)51-23-7-22-46-40(49)16-17-41(50)47-32(27-48)24-30-10-15-38(44)39(45)25-30/h10-11,15,25,27-29,32-37H,6-9,12-14,16-24,26H2,1-5H3,(H,46,49)/t29-,32+,33+,34?,35-,36?,37?,42+,43-/m1/s1. The van der Waals surface area contributed by atoms with E-state index in [4.69, 9.17) is 27.9 Å². The molecule has 0 heterocycles. The highest BCUT2D eigenvalue weighted by atomic mass is 35.5. The van der Waals surface area contributed by atoms with E-state index in [9.17, 15) is 14.4 Å². The summed E-state index contributed by atoms with van der Waals surface area (Å²) in [6, 6.07) is 4.24. The Morgan fingerprint density at radius 3 is 2.55 bits per heavy atom. The average molecular weight is 743 g/mol. The van der Waals surface area contributed by atoms with Crippen LogP contribution >= 0.6 is 23.2 Å². The lowest BCUT2D eigenvalue weighted by atomic mass is 9.47. The number of carbonyl (C=O) groups is 3. The Morgan fingerprint density at radius 1 is 1.00 bits per heavy atom. The number of nitrogens with one attached hydrogen (secondary N) is 1. The van der Waals surface area contributed by atoms with Crippen molar-refractivity contribution in [2.75, 3.05) is 13.2 Å². The SMILES string of the molecule is CC(C)CCC[C@@H](C)[C@H]1CCC2C3CC=C4C[C@@H](OCCCNC(=O)CCC(=O)[N][C@H](C=O)Cc5ccc(Cl)c(Cl)c5)CC[C@]4(C)C3CC[C@@]21C. The highest BCUT2D eigenvalue weighted by Gasteiger charge is 2.59. The smallest absolute Gasteiger partial charge is 0.242 e. The zero-order valence-corrected chi connectivity index (χ0v) is 33.4. The second kappa shape index (κ2) is 18.0. The second-order valence-electron chi connectivity index (χ2n) is 17.4. The van der Waals surface area contributed by atoms with E-state index in [1.165, 1.54) is 57.8 Å². The number of aldehydes is 1. The minimum Gasteiger partial charge on any atom is -0.378 e. The number of amides is 2. The van der Waals surface area contributed by atoms with Gasteiger partial charge in [0, 0.05) is 32.4 Å². The summed E-state index contributed by atoms with van der Waals surface area (Å²) in [6.07, 6.45) is 19.0. The lowest BCUT2D eigenvalue weighted by Gasteiger charge is -2.58. The summed E-state index contributed by atoms with van der Waals surface area (Å²) in [4.78, 5) is 36.2. The van der Waals surface area contributed by atoms with E-state index < -0.39 is 11.9 Å². The summed E-state index contributed by atoms with van der Waals surface area (Å²) in [5.74, 6) is 4.44. The normalized spacial score (nSPS) is 31.1. The van der Waals surface area contributed by atoms with E-state index in [1.54, 1.807) is 23.8 Å². The van der Waals surface area contributed by atoms with Crippen LogP contribution in [0, 0.1) is 46.3 Å². The molecule has 283 valence electrons. The molecule has 3 unspecified atom stereocenters. The molecule has 1 aromatic rings. The maximum absolute atomic E-state index is 12.4. The second-order valence-corrected chi connectivity index (χ2v) is 18.2. The molecular formula is C43H63Cl2N2O4. The van der Waals surface area contributed by atoms with Crippen molar-refractivity contribution >= 4 is 41.3 Å². The lowest BCUT2D eigenvalue weighted by molar-refractivity contribution is -0.127. The molecule has 0 spiro atoms. The molecule has 9 atom stereocenters. The van der Waals surface area contributed by atoms with Crippen LogP contribution in [-0.2, 0) is 25.5 Å². The predicted molar refractivity (Wildman–Crippen MR) is 207 cm³/mol. The monoisotopic (exact) mass is 741 g/mol. The molecule has 0 aliphatic heterocycles. The van der Waals surface area contributed by atoms with Crippen molar-refractivity contribution in [3.8, 4) is 0 Å². The van der Waals surface area contributed by atoms with E-state index in [0.29, 0.717) is 40.3 Å². The molecule has 8 heteroatoms. The van der Waals surface area contributed by atoms with Crippen LogP contribution in [0.3, 0.4) is 0 Å². The largest absolute Gasteiger partial charge is 0.378 e. The Morgan fingerprint density at radius 2 is 1.80 bits per heavy atom. The van der Waals surface area contributed by atoms with Gasteiger partial charge in [0.15, 0.2) is 0 Å². The van der Waals surface area contributed by atoms with Crippen molar-refractivity contribution in [2.24, 2.45) is 46.3 Å². The number of nitrogens with zero attached hydrogens (tertiary/aromatic N) is 1. The first-order valence-electron chi connectivity index (χ1n) is 20.0. The molecule has 4 aliphatic carbocycles. The van der Waals surface area contributed by atoms with E-state index in [-0.39, 0.29) is 31.3 Å². The fourth-order valence-electron chi connectivity index (χ4n) is 10.9. The van der Waals surface area contributed by atoms with E-state index in [1.807, 2.05) is 0 Å². The molecule has 1 N–H and O–H groups in total. The average Bonchev–Trinajstić information content (AvgIpc) is 3.45. The summed E-state index contributed by atoms with van der Waals surface area (Å²) < 4.78 is 6.37. The van der Waals surface area contributed by atoms with Gasteiger partial charge in [0.2, 0.25) is 11.8 Å². The summed E-state index contributed by atoms with van der Waals surface area (Å²) in [6.45, 7) is 13.7. The minimum absolute atomic E-state index is 0.0377. The molecular weight excluding hydrogens is 679 g/mol. The van der Waals surface area contributed by atoms with Crippen LogP contribution in [0.4, 0.5) is 0 Å². The highest BCUT2D eigenvalue weighted by molar-refractivity contribution is 6.42. The topological polar surface area (TPSA) is 86.6 Å². The van der Waals surface area contributed by atoms with E-state index >= 15 is 0 Å². The number of hydrogen-bond acceptors (Lipinski definition) is 4. The first-order valence-corrected chi connectivity index (χ1v) is 20.8. The Balaban J connectivity index is 0.997. The first-order chi connectivity index (χ1) is 24.3. The maximum Gasteiger partial charge on any atom is 0.242 e. The molecule has 6 nitrogen and oxygen atoms in total. The van der Waals surface area contributed by atoms with Crippen LogP contribution in [-0.4, -0.2) is 43.4 Å². The quantitative estimate of drug-likeness (QED) is 0.0979. The van der Waals surface area contributed by atoms with E-state index in [2.05, 4.69) is 51.3 Å². The Labute approximate surface area is 318 Å². The fourth-order valence-corrected chi connectivity index (χ4v) is 11.3. The van der Waals surface area contributed by atoms with Crippen LogP contribution in [0.25, 0.3) is 0 Å². The van der Waals surface area contributed by atoms with Crippen LogP contribution < -0.4 is 10.6 Å². The van der Waals surface area contributed by atoms with Gasteiger partial charge in [0.25, 0.3) is 0 Å². The van der Waals surface area contributed by atoms with Gasteiger partial charge in [0.05, 0.1) is 16.1 Å². The number of carbonyl (C=O) groups excluding carboxylic acids is 3. The third-order valence-corrected chi connectivity index (χ3v) is 14.5. The van der Waals surface area contributed by atoms with Gasteiger partial charge in [-0.05, 0) is 122 Å². The number of allylic oxidation sites excluding steroid dienone is 1. The van der Waals surface area contributed by atoms with Crippen molar-refractivity contribution in [2.45, 2.75) is 143 Å². The summed E-state index contributed by atoms with van der Waals surface area (Å²) >= 11 is 12.0. The van der Waals surface area contributed by atoms with Crippen molar-refractivity contribution in [1.82, 2.24) is 10.6 Å². The van der Waals surface area contributed by atoms with Crippen molar-refractivity contribution in [1.29, 1.82) is 0 Å². The molecule has 0 saturated heterocycles. The molecule has 51 heavy (non-hydrogen) atoms. The Hall–Kier alpha value is -1.89. The molecule has 3 saturated carbocycles. The van der Waals surface area contributed by atoms with Gasteiger partial charge in [-0.15, -0.1) is 0 Å². The molecule has 1 aromatic carbocycles. The van der Waals surface area contributed by atoms with E-state index in [0.717, 1.165) is 60.3 Å². The van der Waals surface area contributed by atoms with Gasteiger partial charge in [-0.2, -0.15) is 0 Å². The van der Waals surface area contributed by atoms with Gasteiger partial charge in [-0.25, -0.2) is 5.32 Å². The Bertz CT molecular complexity index is 1400. The van der Waals surface area contributed by atoms with Crippen LogP contribution in [0.15, 0.2) is 29.8 Å². The van der Waals surface area contributed by atoms with Crippen LogP contribution in [0.5, 0.6) is 0 Å². The summed E-state index contributed by atoms with van der Waals surface area (Å²) in [5, 5.41) is 7.69. The number of ether oxygens (including phenoxy) is 1. The number of rotatable bonds is 17. The fraction of sp³-hybridized carbons (Fsp3) is 0.744. The maximum atomic E-state index is 12.4. The molecule has 0 bridgehead atoms. The van der Waals surface area contributed by atoms with Gasteiger partial charge >= 0.3 is 0 Å². The molecule has 0 aromatic heterocycles. The molecule has 1 radical (unpaired) electrons. The number of hydrogen-bond donors (Lipinski definition) is 1. The van der Waals surface area contributed by atoms with Gasteiger partial charge < -0.3 is 14.8 Å². The van der Waals surface area contributed by atoms with Crippen LogP contribution in [0.2, 0.25) is 10.0 Å². The number of halogens is 2. The number of fused-ring (bicyclic) bond motifs is 5. The zero-order chi connectivity index (χ0) is 36.8. The number of benzene rings is 1. The molecule has 2 amide bonds. The molecule has 5 rings (SSSR count). The lowest BCUT2D eigenvalue weighted by Crippen LogP contribution is -2.51. The van der Waals surface area contributed by atoms with Crippen molar-refractivity contribution < 1.29 is 19.1 Å². The van der Waals surface area contributed by atoms with Gasteiger partial charge in [-0.3, -0.25) is 9.59 Å². The third kappa shape index (κ3) is 9.81. The van der Waals surface area contributed by atoms with Crippen LogP contribution in [0.1, 0.15) is 130 Å². The summed E-state index contributed by atoms with van der Waals surface area (Å²) in [7, 11) is 0. The molecule has 4 aliphatic rings. The van der Waals surface area contributed by atoms with Crippen molar-refractivity contribution in [3.05, 3.63) is 45.5 Å². The zero-order valence-electron chi connectivity index (χ0n) is 31.9. The Kier molecular flexibility index (Phi) is 14.2. The van der Waals surface area contributed by atoms with Gasteiger partial charge in [-0.1, -0.05) is 94.8 Å². The first kappa shape index (κ1) is 40.3. The third-order valence-electron chi connectivity index (χ3n) is 13.7. The minimum atomic E-state index is -0.824. The van der Waals surface area contributed by atoms with Crippen molar-refractivity contribution in [3.63, 3.8) is 0 Å². The molecule has 3 fully saturated rings. The predicted octanol–water partition coefficient (Wildman–Crippen LogP) is 9.95. The van der Waals surface area contributed by atoms with Gasteiger partial charge in [0.1, 0.15) is 12.3 Å². The summed E-state index contributed by atoms with van der Waals surface area (Å²) in [5.41, 5.74) is 3.25. The highest BCUT2D eigenvalue weighted by Crippen LogP contribution is 2.67.